The van der Waals surface area contributed by atoms with Crippen LogP contribution in [0, 0.1) is 11.2 Å². The van der Waals surface area contributed by atoms with Gasteiger partial charge in [-0.1, -0.05) is 24.3 Å². The number of benzene rings is 2. The van der Waals surface area contributed by atoms with Gasteiger partial charge >= 0.3 is 0 Å². The maximum Gasteiger partial charge on any atom is 0.244 e. The predicted molar refractivity (Wildman–Crippen MR) is 142 cm³/mol. The maximum absolute atomic E-state index is 13.5. The van der Waals surface area contributed by atoms with E-state index in [2.05, 4.69) is 9.71 Å². The monoisotopic (exact) mass is 557 g/mol. The standard InChI is InChI=1S/C28H32FN3O6S/c29-22-6-3-19(4-7-22)15-32-16-23(33)14-31-39(36,37)27-8-5-20(21-2-1-9-30-13-21)10-26(27)38-18-28(17-32)11-24(34)25(35)12-28/h1-10,13,23-25,31,33-35H,11-12,14-18H2/t23-,24-,25+,28?/m0/s1. The van der Waals surface area contributed by atoms with Crippen molar-refractivity contribution in [2.45, 2.75) is 42.6 Å². The molecule has 1 unspecified atom stereocenters. The number of rotatable bonds is 3. The lowest BCUT2D eigenvalue weighted by molar-refractivity contribution is 0.0427. The Labute approximate surface area is 227 Å². The molecule has 1 spiro atoms. The van der Waals surface area contributed by atoms with E-state index in [1.54, 1.807) is 42.7 Å². The van der Waals surface area contributed by atoms with E-state index in [-0.39, 0.29) is 49.0 Å². The Morgan fingerprint density at radius 2 is 1.79 bits per heavy atom. The van der Waals surface area contributed by atoms with E-state index in [1.165, 1.54) is 18.2 Å². The fourth-order valence-corrected chi connectivity index (χ4v) is 6.67. The first-order chi connectivity index (χ1) is 18.6. The molecule has 5 rings (SSSR count). The summed E-state index contributed by atoms with van der Waals surface area (Å²) >= 11 is 0. The molecule has 2 aromatic carbocycles. The summed E-state index contributed by atoms with van der Waals surface area (Å²) in [6.07, 6.45) is 0.785. The molecular weight excluding hydrogens is 525 g/mol. The van der Waals surface area contributed by atoms with Gasteiger partial charge in [0.1, 0.15) is 16.5 Å². The molecule has 11 heteroatoms. The first-order valence-corrected chi connectivity index (χ1v) is 14.3. The number of nitrogens with zero attached hydrogens (tertiary/aromatic N) is 2. The fraction of sp³-hybridized carbons (Fsp3) is 0.393. The van der Waals surface area contributed by atoms with Crippen LogP contribution in [0.15, 0.2) is 71.9 Å². The van der Waals surface area contributed by atoms with E-state index in [4.69, 9.17) is 4.74 Å². The van der Waals surface area contributed by atoms with Crippen molar-refractivity contribution in [3.05, 3.63) is 78.4 Å². The Bertz CT molecular complexity index is 1380. The maximum atomic E-state index is 13.5. The van der Waals surface area contributed by atoms with Crippen molar-refractivity contribution in [2.24, 2.45) is 5.41 Å². The van der Waals surface area contributed by atoms with Gasteiger partial charge in [-0.15, -0.1) is 0 Å². The molecule has 9 nitrogen and oxygen atoms in total. The first-order valence-electron chi connectivity index (χ1n) is 12.8. The van der Waals surface area contributed by atoms with E-state index in [1.807, 2.05) is 11.0 Å². The molecule has 0 radical (unpaired) electrons. The van der Waals surface area contributed by atoms with E-state index in [9.17, 15) is 28.1 Å². The van der Waals surface area contributed by atoms with Gasteiger partial charge in [-0.05, 0) is 54.3 Å². The lowest BCUT2D eigenvalue weighted by Crippen LogP contribution is -2.46. The van der Waals surface area contributed by atoms with Gasteiger partial charge in [0.2, 0.25) is 10.0 Å². The molecule has 4 N–H and O–H groups in total. The Hall–Kier alpha value is -2.93. The highest BCUT2D eigenvalue weighted by Crippen LogP contribution is 2.41. The average molecular weight is 558 g/mol. The molecule has 208 valence electrons. The third-order valence-corrected chi connectivity index (χ3v) is 8.81. The van der Waals surface area contributed by atoms with E-state index >= 15 is 0 Å². The van der Waals surface area contributed by atoms with Gasteiger partial charge in [0, 0.05) is 49.6 Å². The Kier molecular flexibility index (Phi) is 7.99. The minimum absolute atomic E-state index is 0.0240. The predicted octanol–water partition coefficient (Wildman–Crippen LogP) is 1.92. The van der Waals surface area contributed by atoms with Crippen LogP contribution in [0.4, 0.5) is 4.39 Å². The van der Waals surface area contributed by atoms with Crippen LogP contribution in [0.3, 0.4) is 0 Å². The SMILES string of the molecule is O=S1(=O)NC[C@H](O)CN(Cc2ccc(F)cc2)CC2(COc3cc(-c4cccnc4)ccc31)C[C@@H](O)[C@@H](O)C2. The quantitative estimate of drug-likeness (QED) is 0.384. The number of fused-ring (bicyclic) bond motifs is 1. The smallest absolute Gasteiger partial charge is 0.244 e. The van der Waals surface area contributed by atoms with Gasteiger partial charge in [0.15, 0.2) is 0 Å². The highest BCUT2D eigenvalue weighted by molar-refractivity contribution is 7.89. The number of β-amino-alcohol motifs (C(OH)–C–C–N with tert-alkyl or cyclic N) is 1. The second kappa shape index (κ2) is 11.3. The highest BCUT2D eigenvalue weighted by Gasteiger charge is 2.46. The van der Waals surface area contributed by atoms with Gasteiger partial charge in [0.05, 0.1) is 24.9 Å². The number of sulfonamides is 1. The van der Waals surface area contributed by atoms with Crippen molar-refractivity contribution >= 4 is 10.0 Å². The second-order valence-electron chi connectivity index (χ2n) is 10.5. The molecule has 2 heterocycles. The molecule has 0 bridgehead atoms. The van der Waals surface area contributed by atoms with Crippen LogP contribution >= 0.6 is 0 Å². The zero-order valence-corrected chi connectivity index (χ0v) is 22.1. The van der Waals surface area contributed by atoms with Crippen molar-refractivity contribution < 1.29 is 32.9 Å². The van der Waals surface area contributed by atoms with Gasteiger partial charge < -0.3 is 20.1 Å². The van der Waals surface area contributed by atoms with Gasteiger partial charge in [-0.3, -0.25) is 9.88 Å². The van der Waals surface area contributed by atoms with Gasteiger partial charge in [-0.25, -0.2) is 17.5 Å². The molecule has 1 aliphatic carbocycles. The highest BCUT2D eigenvalue weighted by atomic mass is 32.2. The number of nitrogens with one attached hydrogen (secondary N) is 1. The summed E-state index contributed by atoms with van der Waals surface area (Å²) in [5.74, 6) is -0.239. The van der Waals surface area contributed by atoms with Crippen LogP contribution in [0.25, 0.3) is 11.1 Å². The molecule has 39 heavy (non-hydrogen) atoms. The zero-order valence-electron chi connectivity index (χ0n) is 21.3. The Morgan fingerprint density at radius 3 is 2.49 bits per heavy atom. The molecule has 1 aromatic heterocycles. The summed E-state index contributed by atoms with van der Waals surface area (Å²) in [6.45, 7) is 0.598. The topological polar surface area (TPSA) is 132 Å². The van der Waals surface area contributed by atoms with Crippen LogP contribution in [0.2, 0.25) is 0 Å². The first kappa shape index (κ1) is 27.6. The molecule has 0 amide bonds. The lowest BCUT2D eigenvalue weighted by Gasteiger charge is -2.37. The summed E-state index contributed by atoms with van der Waals surface area (Å²) in [6, 6.07) is 14.4. The van der Waals surface area contributed by atoms with E-state index in [0.29, 0.717) is 18.7 Å². The largest absolute Gasteiger partial charge is 0.492 e. The third-order valence-electron chi connectivity index (χ3n) is 7.35. The van der Waals surface area contributed by atoms with Crippen LogP contribution in [-0.4, -0.2) is 78.2 Å². The van der Waals surface area contributed by atoms with Crippen molar-refractivity contribution in [1.29, 1.82) is 0 Å². The third kappa shape index (κ3) is 6.46. The van der Waals surface area contributed by atoms with Crippen molar-refractivity contribution in [1.82, 2.24) is 14.6 Å². The van der Waals surface area contributed by atoms with E-state index < -0.39 is 33.8 Å². The average Bonchev–Trinajstić information content (AvgIpc) is 3.20. The number of hydrogen-bond donors (Lipinski definition) is 4. The van der Waals surface area contributed by atoms with Crippen molar-refractivity contribution in [2.75, 3.05) is 26.2 Å². The van der Waals surface area contributed by atoms with Crippen LogP contribution in [0.5, 0.6) is 5.75 Å². The summed E-state index contributed by atoms with van der Waals surface area (Å²) in [5.41, 5.74) is 1.56. The summed E-state index contributed by atoms with van der Waals surface area (Å²) in [7, 11) is -4.05. The van der Waals surface area contributed by atoms with Crippen molar-refractivity contribution in [3.63, 3.8) is 0 Å². The van der Waals surface area contributed by atoms with Gasteiger partial charge in [-0.2, -0.15) is 0 Å². The molecule has 3 aromatic rings. The molecule has 2 aliphatic rings. The zero-order chi connectivity index (χ0) is 27.6. The molecule has 4 atom stereocenters. The van der Waals surface area contributed by atoms with Crippen LogP contribution in [-0.2, 0) is 16.6 Å². The molecular formula is C28H32FN3O6S. The number of ether oxygens (including phenoxy) is 1. The normalized spacial score (nSPS) is 27.7. The second-order valence-corrected chi connectivity index (χ2v) is 12.3. The number of hydrogen-bond acceptors (Lipinski definition) is 8. The Morgan fingerprint density at radius 1 is 1.05 bits per heavy atom. The minimum atomic E-state index is -4.05. The summed E-state index contributed by atoms with van der Waals surface area (Å²) in [4.78, 5) is 5.99. The number of pyridine rings is 1. The van der Waals surface area contributed by atoms with Crippen molar-refractivity contribution in [3.8, 4) is 16.9 Å². The lowest BCUT2D eigenvalue weighted by atomic mass is 9.85. The molecule has 1 saturated carbocycles. The minimum Gasteiger partial charge on any atom is -0.492 e. The molecule has 1 fully saturated rings. The molecule has 0 saturated heterocycles. The summed E-state index contributed by atoms with van der Waals surface area (Å²) in [5, 5.41) is 31.8. The van der Waals surface area contributed by atoms with Crippen LogP contribution in [0.1, 0.15) is 18.4 Å². The number of halogens is 1. The Balaban J connectivity index is 1.52. The van der Waals surface area contributed by atoms with E-state index in [0.717, 1.165) is 11.1 Å². The fourth-order valence-electron chi connectivity index (χ4n) is 5.48. The van der Waals surface area contributed by atoms with Crippen LogP contribution < -0.4 is 9.46 Å². The number of aliphatic hydroxyl groups is 3. The van der Waals surface area contributed by atoms with Gasteiger partial charge in [0.25, 0.3) is 0 Å². The number of aliphatic hydroxyl groups excluding tert-OH is 3. The number of aromatic nitrogens is 1. The summed E-state index contributed by atoms with van der Waals surface area (Å²) < 4.78 is 48.8. The molecule has 1 aliphatic heterocycles.